The molecule has 0 saturated carbocycles. The molecule has 2 aromatic heterocycles. The highest BCUT2D eigenvalue weighted by Gasteiger charge is 2.29. The molecule has 1 aliphatic carbocycles. The van der Waals surface area contributed by atoms with Gasteiger partial charge in [-0.3, -0.25) is 27.6 Å². The van der Waals surface area contributed by atoms with E-state index in [0.717, 1.165) is 24.3 Å². The minimum absolute atomic E-state index is 0.0235. The van der Waals surface area contributed by atoms with Crippen molar-refractivity contribution in [2.45, 2.75) is 25.7 Å². The average molecular weight is 1200 g/mol. The van der Waals surface area contributed by atoms with Crippen LogP contribution in [0.4, 0.5) is 46.5 Å². The van der Waals surface area contributed by atoms with Gasteiger partial charge in [0.05, 0.1) is 37.3 Å². The molecule has 0 bridgehead atoms. The maximum atomic E-state index is 13.9. The lowest BCUT2D eigenvalue weighted by Gasteiger charge is -2.19. The molecule has 0 radical (unpaired) electrons. The Balaban J connectivity index is 1.20. The van der Waals surface area contributed by atoms with Crippen LogP contribution in [0.5, 0.6) is 0 Å². The Bertz CT molecular complexity index is 4160. The van der Waals surface area contributed by atoms with Crippen LogP contribution in [0.15, 0.2) is 142 Å². The molecule has 1 atom stereocenters. The van der Waals surface area contributed by atoms with Crippen LogP contribution in [0.3, 0.4) is 0 Å². The third kappa shape index (κ3) is 14.5. The van der Waals surface area contributed by atoms with Gasteiger partial charge in [0.15, 0.2) is 6.17 Å². The van der Waals surface area contributed by atoms with Crippen molar-refractivity contribution in [1.82, 2.24) is 40.8 Å². The molecule has 0 spiro atoms. The monoisotopic (exact) mass is 1200 g/mol. The number of rotatable bonds is 19. The molecule has 0 saturated heterocycles. The number of allylic oxidation sites excluding steroid dienone is 3. The summed E-state index contributed by atoms with van der Waals surface area (Å²) in [5.41, 5.74) is 0.848. The molecule has 4 aromatic carbocycles. The Morgan fingerprint density at radius 2 is 1.14 bits per heavy atom. The Morgan fingerprint density at radius 3 is 1.70 bits per heavy atom. The van der Waals surface area contributed by atoms with Crippen molar-refractivity contribution in [2.24, 2.45) is 15.2 Å². The predicted octanol–water partition coefficient (Wildman–Crippen LogP) is 4.17. The molecule has 32 nitrogen and oxygen atoms in total. The van der Waals surface area contributed by atoms with Gasteiger partial charge in [-0.05, 0) is 89.4 Å². The first-order valence-corrected chi connectivity index (χ1v) is 28.0. The smallest absolute Gasteiger partial charge is 0.338 e. The van der Waals surface area contributed by atoms with Crippen LogP contribution in [-0.4, -0.2) is 117 Å². The van der Waals surface area contributed by atoms with Crippen molar-refractivity contribution >= 4 is 138 Å². The molecule has 11 N–H and O–H groups in total. The second-order valence-electron chi connectivity index (χ2n) is 14.8. The second kappa shape index (κ2) is 22.0. The Hall–Kier alpha value is -7.92. The van der Waals surface area contributed by atoms with E-state index in [0.29, 0.717) is 30.4 Å². The van der Waals surface area contributed by atoms with Crippen molar-refractivity contribution in [3.63, 3.8) is 0 Å². The fourth-order valence-corrected chi connectivity index (χ4v) is 9.41. The Kier molecular flexibility index (Phi) is 16.2. The van der Waals surface area contributed by atoms with E-state index in [2.05, 4.69) is 71.9 Å². The quantitative estimate of drug-likeness (QED) is 0.0235. The van der Waals surface area contributed by atoms with Gasteiger partial charge >= 0.3 is 5.97 Å². The number of nitrogens with one attached hydrogen (secondary N) is 5. The van der Waals surface area contributed by atoms with Crippen LogP contribution in [-0.2, 0) is 55.4 Å². The number of benzene rings is 4. The number of aromatic nitrogens is 6. The number of hydrogen-bond donors (Lipinski definition) is 11. The number of hydrogen-bond acceptors (Lipinski definition) is 26. The van der Waals surface area contributed by atoms with Crippen molar-refractivity contribution < 1.29 is 79.5 Å². The van der Waals surface area contributed by atoms with Gasteiger partial charge in [0.2, 0.25) is 34.2 Å². The normalized spacial score (nSPS) is 14.4. The topological polar surface area (TPSA) is 501 Å². The largest absolute Gasteiger partial charge is 0.478 e. The number of hydrazine groups is 1. The average Bonchev–Trinajstić information content (AvgIpc) is 3.32. The summed E-state index contributed by atoms with van der Waals surface area (Å²) in [5, 5.41) is 23.4. The van der Waals surface area contributed by atoms with Crippen molar-refractivity contribution in [1.29, 1.82) is 0 Å². The number of halogens is 2. The van der Waals surface area contributed by atoms with E-state index >= 15 is 0 Å². The molecule has 1 unspecified atom stereocenters. The highest BCUT2D eigenvalue weighted by Crippen LogP contribution is 2.35. The van der Waals surface area contributed by atoms with Gasteiger partial charge in [-0.1, -0.05) is 36.4 Å². The van der Waals surface area contributed by atoms with Crippen LogP contribution in [0, 0.1) is 0 Å². The van der Waals surface area contributed by atoms with Gasteiger partial charge in [0.25, 0.3) is 56.5 Å². The summed E-state index contributed by atoms with van der Waals surface area (Å²) in [6.07, 6.45) is -0.170. The third-order valence-electron chi connectivity index (χ3n) is 9.52. The van der Waals surface area contributed by atoms with Gasteiger partial charge in [0, 0.05) is 5.69 Å². The number of carbonyl (C=O) groups excluding carboxylic acids is 1. The van der Waals surface area contributed by atoms with E-state index in [9.17, 15) is 79.5 Å². The fourth-order valence-electron chi connectivity index (χ4n) is 6.23. The Morgan fingerprint density at radius 1 is 0.584 bits per heavy atom. The lowest BCUT2D eigenvalue weighted by molar-refractivity contribution is -0.110. The third-order valence-corrected chi connectivity index (χ3v) is 14.2. The number of carboxylic acid groups (broad SMARTS) is 1. The SMILES string of the molecule is O=C1C(NNC(N=Nc2ccc(S(=O)(=O)O)cc2C(=O)O)c2ccccc2)=CC(S(=O)(=O)O)=CC1=Nc1nc(Cl)nc(Nc2cc(S(=O)(=O)O)c(Nc3nc(Cl)nc(Nc4cccc(S(=O)(=O)O)c4)n3)cc2S(=O)(=O)O)n1. The number of ketones is 1. The summed E-state index contributed by atoms with van der Waals surface area (Å²) in [6.45, 7) is 0. The zero-order valence-electron chi connectivity index (χ0n) is 37.2. The van der Waals surface area contributed by atoms with Gasteiger partial charge in [-0.2, -0.15) is 82.2 Å². The number of aliphatic imine (C=N–C) groups is 1. The number of anilines is 6. The number of carboxylic acids is 1. The zero-order valence-corrected chi connectivity index (χ0v) is 42.8. The van der Waals surface area contributed by atoms with Gasteiger partial charge in [-0.25, -0.2) is 15.2 Å². The van der Waals surface area contributed by atoms with E-state index in [1.54, 1.807) is 18.2 Å². The second-order valence-corrected chi connectivity index (χ2v) is 22.5. The van der Waals surface area contributed by atoms with Crippen LogP contribution in [0.25, 0.3) is 0 Å². The first kappa shape index (κ1) is 56.8. The molecule has 0 fully saturated rings. The fraction of sp³-hybridized carbons (Fsp3) is 0.0263. The number of nitrogens with zero attached hydrogens (tertiary/aromatic N) is 9. The number of aromatic carboxylic acids is 1. The summed E-state index contributed by atoms with van der Waals surface area (Å²) < 4.78 is 172. The van der Waals surface area contributed by atoms with Gasteiger partial charge < -0.3 is 26.5 Å². The molecule has 39 heteroatoms. The minimum Gasteiger partial charge on any atom is -0.478 e. The van der Waals surface area contributed by atoms with E-state index < -0.39 is 161 Å². The summed E-state index contributed by atoms with van der Waals surface area (Å²) in [4.78, 5) is 48.0. The summed E-state index contributed by atoms with van der Waals surface area (Å²) in [5.74, 6) is -5.59. The molecule has 0 amide bonds. The van der Waals surface area contributed by atoms with E-state index in [-0.39, 0.29) is 11.3 Å². The molecular weight excluding hydrogens is 1170 g/mol. The van der Waals surface area contributed by atoms with Crippen LogP contribution in [0.2, 0.25) is 10.6 Å². The van der Waals surface area contributed by atoms with Crippen LogP contribution in [0.1, 0.15) is 22.1 Å². The standard InChI is InChI=1S/C38H28Cl2N14O18S5/c39-33-45-35(41-18-7-4-8-19(11-18)73(58,59)60)49-36(46-33)42-24-15-29(77(70,71)72)25(16-28(24)76(67,68)69)43-37-47-34(40)48-38(50-37)44-26-13-21(75(64,65)66)14-27(30(26)55)52-54-31(17-5-2-1-3-6-17)53-51-23-10-9-20(74(61,62)63)12-22(23)32(56)57/h1-16,31,52,54H,(H,56,57)(H,58,59,60)(H,61,62,63)(H,64,65,66)(H,67,68,69)(H,70,71,72)(H,43,47,48,50)(H2,41,42,45,46,49). The lowest BCUT2D eigenvalue weighted by atomic mass is 10.1. The first-order chi connectivity index (χ1) is 35.8. The van der Waals surface area contributed by atoms with E-state index in [1.807, 2.05) is 0 Å². The van der Waals surface area contributed by atoms with Crippen molar-refractivity contribution in [3.05, 3.63) is 129 Å². The first-order valence-electron chi connectivity index (χ1n) is 20.0. The highest BCUT2D eigenvalue weighted by atomic mass is 35.5. The van der Waals surface area contributed by atoms with Gasteiger partial charge in [0.1, 0.15) is 21.2 Å². The van der Waals surface area contributed by atoms with Crippen molar-refractivity contribution in [2.75, 3.05) is 16.0 Å². The maximum absolute atomic E-state index is 13.9. The summed E-state index contributed by atoms with van der Waals surface area (Å²) in [7, 11) is -25.5. The summed E-state index contributed by atoms with van der Waals surface area (Å²) >= 11 is 12.1. The van der Waals surface area contributed by atoms with Crippen LogP contribution >= 0.6 is 23.2 Å². The Labute approximate surface area is 441 Å². The molecule has 7 rings (SSSR count). The number of Topliss-reactive ketones (excluding diaryl/α,β-unsaturated/α-hetero) is 1. The highest BCUT2D eigenvalue weighted by molar-refractivity contribution is 7.90. The molecule has 402 valence electrons. The lowest BCUT2D eigenvalue weighted by Crippen LogP contribution is -2.39. The summed E-state index contributed by atoms with van der Waals surface area (Å²) in [6, 6.07) is 15.5. The van der Waals surface area contributed by atoms with Crippen LogP contribution < -0.4 is 26.8 Å². The predicted molar refractivity (Wildman–Crippen MR) is 265 cm³/mol. The number of azo groups is 1. The van der Waals surface area contributed by atoms with Gasteiger partial charge in [-0.15, -0.1) is 0 Å². The van der Waals surface area contributed by atoms with Crippen molar-refractivity contribution in [3.8, 4) is 0 Å². The minimum atomic E-state index is -5.43. The molecule has 0 aliphatic heterocycles. The van der Waals surface area contributed by atoms with E-state index in [4.69, 9.17) is 23.2 Å². The molecule has 1 aliphatic rings. The zero-order chi connectivity index (χ0) is 56.4. The molecule has 77 heavy (non-hydrogen) atoms. The maximum Gasteiger partial charge on any atom is 0.338 e. The molecule has 2 heterocycles. The van der Waals surface area contributed by atoms with E-state index in [1.165, 1.54) is 24.3 Å². The molecular formula is C38H28Cl2N14O18S5. The number of carbonyl (C=O) groups is 2. The molecule has 6 aromatic rings.